The number of rotatable bonds is 3. The standard InChI is InChI=1S/C22H24N2O3/c25-20(23-19-11-10-16-6-4-5-9-18(16)19)22(17-7-2-1-3-8-17)12-14-24(15-13-22)21(26)27/h1-9,19H,10-15H2,(H,23,25)(H,26,27). The summed E-state index contributed by atoms with van der Waals surface area (Å²) in [7, 11) is 0. The third-order valence-electron chi connectivity index (χ3n) is 6.09. The molecule has 0 bridgehead atoms. The molecular weight excluding hydrogens is 340 g/mol. The van der Waals surface area contributed by atoms with Crippen molar-refractivity contribution in [3.05, 3.63) is 71.3 Å². The molecule has 1 aliphatic carbocycles. The van der Waals surface area contributed by atoms with Gasteiger partial charge in [-0.1, -0.05) is 54.6 Å². The molecule has 5 heteroatoms. The van der Waals surface area contributed by atoms with Gasteiger partial charge in [0.2, 0.25) is 5.91 Å². The zero-order chi connectivity index (χ0) is 18.9. The Bertz CT molecular complexity index is 842. The minimum Gasteiger partial charge on any atom is -0.465 e. The van der Waals surface area contributed by atoms with Crippen LogP contribution in [0.5, 0.6) is 0 Å². The average Bonchev–Trinajstić information content (AvgIpc) is 3.11. The first-order valence-electron chi connectivity index (χ1n) is 9.52. The van der Waals surface area contributed by atoms with Crippen LogP contribution < -0.4 is 5.32 Å². The van der Waals surface area contributed by atoms with Crippen molar-refractivity contribution in [2.45, 2.75) is 37.1 Å². The Balaban J connectivity index is 1.60. The summed E-state index contributed by atoms with van der Waals surface area (Å²) in [6.45, 7) is 0.748. The molecule has 1 aliphatic heterocycles. The highest BCUT2D eigenvalue weighted by Gasteiger charge is 2.44. The monoisotopic (exact) mass is 364 g/mol. The van der Waals surface area contributed by atoms with Crippen LogP contribution in [-0.4, -0.2) is 35.1 Å². The molecule has 27 heavy (non-hydrogen) atoms. The van der Waals surface area contributed by atoms with Crippen LogP contribution in [0.1, 0.15) is 42.0 Å². The topological polar surface area (TPSA) is 69.6 Å². The number of hydrogen-bond acceptors (Lipinski definition) is 2. The molecule has 2 amide bonds. The van der Waals surface area contributed by atoms with Gasteiger partial charge in [-0.05, 0) is 42.4 Å². The lowest BCUT2D eigenvalue weighted by Crippen LogP contribution is -2.53. The maximum absolute atomic E-state index is 13.5. The fourth-order valence-electron chi connectivity index (χ4n) is 4.49. The number of nitrogens with one attached hydrogen (secondary N) is 1. The Hall–Kier alpha value is -2.82. The summed E-state index contributed by atoms with van der Waals surface area (Å²) in [5, 5.41) is 12.6. The Labute approximate surface area is 159 Å². The van der Waals surface area contributed by atoms with E-state index in [0.717, 1.165) is 18.4 Å². The molecular formula is C22H24N2O3. The van der Waals surface area contributed by atoms with Crippen molar-refractivity contribution < 1.29 is 14.7 Å². The minimum absolute atomic E-state index is 0.0143. The number of likely N-dealkylation sites (tertiary alicyclic amines) is 1. The lowest BCUT2D eigenvalue weighted by Gasteiger charge is -2.40. The molecule has 0 saturated carbocycles. The number of carbonyl (C=O) groups is 2. The van der Waals surface area contributed by atoms with E-state index < -0.39 is 11.5 Å². The summed E-state index contributed by atoms with van der Waals surface area (Å²) in [6, 6.07) is 18.1. The van der Waals surface area contributed by atoms with Crippen molar-refractivity contribution in [2.75, 3.05) is 13.1 Å². The van der Waals surface area contributed by atoms with Gasteiger partial charge in [-0.2, -0.15) is 0 Å². The molecule has 0 aromatic heterocycles. The third kappa shape index (κ3) is 3.18. The molecule has 1 fully saturated rings. The first kappa shape index (κ1) is 17.6. The predicted molar refractivity (Wildman–Crippen MR) is 103 cm³/mol. The van der Waals surface area contributed by atoms with Crippen LogP contribution >= 0.6 is 0 Å². The number of carbonyl (C=O) groups excluding carboxylic acids is 1. The lowest BCUT2D eigenvalue weighted by molar-refractivity contribution is -0.129. The SMILES string of the molecule is O=C(O)N1CCC(C(=O)NC2CCc3ccccc32)(c2ccccc2)CC1. The van der Waals surface area contributed by atoms with Crippen LogP contribution in [0.25, 0.3) is 0 Å². The molecule has 5 nitrogen and oxygen atoms in total. The van der Waals surface area contributed by atoms with Gasteiger partial charge < -0.3 is 15.3 Å². The summed E-state index contributed by atoms with van der Waals surface area (Å²) in [5.74, 6) is 0.0143. The Morgan fingerprint density at radius 2 is 1.67 bits per heavy atom. The first-order chi connectivity index (χ1) is 13.1. The van der Waals surface area contributed by atoms with E-state index in [1.807, 2.05) is 42.5 Å². The quantitative estimate of drug-likeness (QED) is 0.876. The molecule has 1 atom stereocenters. The van der Waals surface area contributed by atoms with Gasteiger partial charge in [-0.3, -0.25) is 4.79 Å². The van der Waals surface area contributed by atoms with Crippen LogP contribution in [0, 0.1) is 0 Å². The molecule has 4 rings (SSSR count). The smallest absolute Gasteiger partial charge is 0.407 e. The van der Waals surface area contributed by atoms with Gasteiger partial charge in [0.15, 0.2) is 0 Å². The Morgan fingerprint density at radius 3 is 2.37 bits per heavy atom. The molecule has 0 spiro atoms. The molecule has 2 aromatic rings. The molecule has 2 N–H and O–H groups in total. The molecule has 2 aromatic carbocycles. The van der Waals surface area contributed by atoms with Crippen molar-refractivity contribution in [1.82, 2.24) is 10.2 Å². The number of benzene rings is 2. The second-order valence-corrected chi connectivity index (χ2v) is 7.48. The average molecular weight is 364 g/mol. The largest absolute Gasteiger partial charge is 0.465 e. The fraction of sp³-hybridized carbons (Fsp3) is 0.364. The molecule has 140 valence electrons. The van der Waals surface area contributed by atoms with Gasteiger partial charge in [0.05, 0.1) is 11.5 Å². The van der Waals surface area contributed by atoms with Gasteiger partial charge in [0, 0.05) is 13.1 Å². The highest BCUT2D eigenvalue weighted by atomic mass is 16.4. The van der Waals surface area contributed by atoms with Crippen molar-refractivity contribution in [1.29, 1.82) is 0 Å². The summed E-state index contributed by atoms with van der Waals surface area (Å²) in [4.78, 5) is 26.2. The van der Waals surface area contributed by atoms with Crippen LogP contribution in [0.2, 0.25) is 0 Å². The van der Waals surface area contributed by atoms with E-state index in [0.29, 0.717) is 25.9 Å². The summed E-state index contributed by atoms with van der Waals surface area (Å²) in [6.07, 6.45) is 1.98. The summed E-state index contributed by atoms with van der Waals surface area (Å²) >= 11 is 0. The second-order valence-electron chi connectivity index (χ2n) is 7.48. The first-order valence-corrected chi connectivity index (χ1v) is 9.52. The zero-order valence-electron chi connectivity index (χ0n) is 15.2. The van der Waals surface area contributed by atoms with Gasteiger partial charge in [0.25, 0.3) is 0 Å². The maximum Gasteiger partial charge on any atom is 0.407 e. The van der Waals surface area contributed by atoms with Crippen molar-refractivity contribution in [2.24, 2.45) is 0 Å². The van der Waals surface area contributed by atoms with E-state index in [4.69, 9.17) is 0 Å². The summed E-state index contributed by atoms with van der Waals surface area (Å²) < 4.78 is 0. The van der Waals surface area contributed by atoms with E-state index in [1.54, 1.807) is 0 Å². The van der Waals surface area contributed by atoms with Crippen LogP contribution in [0.15, 0.2) is 54.6 Å². The normalized spacial score (nSPS) is 20.7. The fourth-order valence-corrected chi connectivity index (χ4v) is 4.49. The lowest BCUT2D eigenvalue weighted by atomic mass is 9.71. The minimum atomic E-state index is -0.915. The number of nitrogens with zero attached hydrogens (tertiary/aromatic N) is 1. The Kier molecular flexibility index (Phi) is 4.60. The molecule has 2 aliphatic rings. The molecule has 1 saturated heterocycles. The van der Waals surface area contributed by atoms with E-state index >= 15 is 0 Å². The van der Waals surface area contributed by atoms with Gasteiger partial charge in [0.1, 0.15) is 0 Å². The highest BCUT2D eigenvalue weighted by Crippen LogP contribution is 2.38. The van der Waals surface area contributed by atoms with Crippen LogP contribution in [-0.2, 0) is 16.6 Å². The number of hydrogen-bond donors (Lipinski definition) is 2. The maximum atomic E-state index is 13.5. The van der Waals surface area contributed by atoms with Crippen LogP contribution in [0.3, 0.4) is 0 Å². The van der Waals surface area contributed by atoms with Gasteiger partial charge in [-0.15, -0.1) is 0 Å². The van der Waals surface area contributed by atoms with Crippen molar-refractivity contribution >= 4 is 12.0 Å². The van der Waals surface area contributed by atoms with Crippen molar-refractivity contribution in [3.63, 3.8) is 0 Å². The molecule has 1 unspecified atom stereocenters. The van der Waals surface area contributed by atoms with E-state index in [1.165, 1.54) is 16.0 Å². The second kappa shape index (κ2) is 7.06. The van der Waals surface area contributed by atoms with E-state index in [2.05, 4.69) is 17.4 Å². The molecule has 1 heterocycles. The van der Waals surface area contributed by atoms with Gasteiger partial charge >= 0.3 is 6.09 Å². The highest BCUT2D eigenvalue weighted by molar-refractivity contribution is 5.89. The van der Waals surface area contributed by atoms with E-state index in [-0.39, 0.29) is 11.9 Å². The predicted octanol–water partition coefficient (Wildman–Crippen LogP) is 3.50. The number of fused-ring (bicyclic) bond motifs is 1. The number of piperidine rings is 1. The van der Waals surface area contributed by atoms with Crippen LogP contribution in [0.4, 0.5) is 4.79 Å². The molecule has 0 radical (unpaired) electrons. The van der Waals surface area contributed by atoms with Crippen molar-refractivity contribution in [3.8, 4) is 0 Å². The van der Waals surface area contributed by atoms with Gasteiger partial charge in [-0.25, -0.2) is 4.79 Å². The Morgan fingerprint density at radius 1 is 1.00 bits per heavy atom. The zero-order valence-corrected chi connectivity index (χ0v) is 15.2. The summed E-state index contributed by atoms with van der Waals surface area (Å²) in [5.41, 5.74) is 2.80. The third-order valence-corrected chi connectivity index (χ3v) is 6.09. The number of amides is 2. The number of aryl methyl sites for hydroxylation is 1. The number of carboxylic acid groups (broad SMARTS) is 1. The van der Waals surface area contributed by atoms with E-state index in [9.17, 15) is 14.7 Å².